The average Bonchev–Trinajstić information content (AvgIpc) is 2.43. The standard InChI is InChI=1S/C15H21N3O/c1-3-7-12(16-4-2)11-18-14-9-6-5-8-13(14)15(19)10-17-18/h5-6,8-10,12,16H,3-4,7,11H2,1-2H3. The lowest BCUT2D eigenvalue weighted by Gasteiger charge is -2.19. The highest BCUT2D eigenvalue weighted by molar-refractivity contribution is 5.77. The van der Waals surface area contributed by atoms with Gasteiger partial charge in [0, 0.05) is 11.4 Å². The van der Waals surface area contributed by atoms with Gasteiger partial charge in [0.1, 0.15) is 0 Å². The SMILES string of the molecule is CCCC(Cn1ncc(=O)c2ccccc21)NCC. The normalized spacial score (nSPS) is 12.7. The van der Waals surface area contributed by atoms with Gasteiger partial charge in [0.05, 0.1) is 18.3 Å². The first-order valence-corrected chi connectivity index (χ1v) is 6.94. The lowest BCUT2D eigenvalue weighted by atomic mass is 10.1. The number of aromatic nitrogens is 2. The van der Waals surface area contributed by atoms with E-state index in [2.05, 4.69) is 24.3 Å². The first-order chi connectivity index (χ1) is 9.26. The van der Waals surface area contributed by atoms with Gasteiger partial charge in [-0.25, -0.2) is 0 Å². The van der Waals surface area contributed by atoms with Gasteiger partial charge in [0.2, 0.25) is 5.43 Å². The van der Waals surface area contributed by atoms with Crippen LogP contribution in [0.3, 0.4) is 0 Å². The van der Waals surface area contributed by atoms with Gasteiger partial charge in [-0.1, -0.05) is 32.4 Å². The molecule has 0 spiro atoms. The highest BCUT2D eigenvalue weighted by Gasteiger charge is 2.10. The van der Waals surface area contributed by atoms with Crippen LogP contribution in [0.25, 0.3) is 10.9 Å². The summed E-state index contributed by atoms with van der Waals surface area (Å²) in [6.07, 6.45) is 3.66. The number of hydrogen-bond donors (Lipinski definition) is 1. The van der Waals surface area contributed by atoms with Crippen LogP contribution in [0.2, 0.25) is 0 Å². The Balaban J connectivity index is 2.34. The number of para-hydroxylation sites is 1. The van der Waals surface area contributed by atoms with E-state index in [1.165, 1.54) is 6.20 Å². The monoisotopic (exact) mass is 259 g/mol. The maximum absolute atomic E-state index is 11.8. The predicted octanol–water partition coefficient (Wildman–Crippen LogP) is 2.17. The highest BCUT2D eigenvalue weighted by Crippen LogP contribution is 2.09. The Morgan fingerprint density at radius 2 is 2.11 bits per heavy atom. The topological polar surface area (TPSA) is 46.9 Å². The molecule has 1 unspecified atom stereocenters. The van der Waals surface area contributed by atoms with Crippen LogP contribution in [0.5, 0.6) is 0 Å². The van der Waals surface area contributed by atoms with E-state index in [9.17, 15) is 4.79 Å². The van der Waals surface area contributed by atoms with Gasteiger partial charge in [0.15, 0.2) is 0 Å². The second-order valence-electron chi connectivity index (χ2n) is 4.75. The summed E-state index contributed by atoms with van der Waals surface area (Å²) in [5, 5.41) is 8.49. The number of likely N-dealkylation sites (N-methyl/N-ethyl adjacent to an activating group) is 1. The molecule has 0 fully saturated rings. The molecule has 4 nitrogen and oxygen atoms in total. The van der Waals surface area contributed by atoms with Crippen molar-refractivity contribution in [3.8, 4) is 0 Å². The lowest BCUT2D eigenvalue weighted by molar-refractivity contribution is 0.413. The summed E-state index contributed by atoms with van der Waals surface area (Å²) in [6, 6.07) is 8.05. The number of nitrogens with zero attached hydrogens (tertiary/aromatic N) is 2. The van der Waals surface area contributed by atoms with Gasteiger partial charge in [-0.05, 0) is 25.1 Å². The van der Waals surface area contributed by atoms with Crippen LogP contribution in [-0.2, 0) is 6.54 Å². The summed E-state index contributed by atoms with van der Waals surface area (Å²) in [4.78, 5) is 11.8. The fourth-order valence-electron chi connectivity index (χ4n) is 2.41. The molecule has 1 N–H and O–H groups in total. The van der Waals surface area contributed by atoms with Crippen LogP contribution >= 0.6 is 0 Å². The van der Waals surface area contributed by atoms with Crippen LogP contribution in [0.15, 0.2) is 35.3 Å². The van der Waals surface area contributed by atoms with E-state index >= 15 is 0 Å². The fraction of sp³-hybridized carbons (Fsp3) is 0.467. The van der Waals surface area contributed by atoms with E-state index < -0.39 is 0 Å². The number of fused-ring (bicyclic) bond motifs is 1. The molecule has 1 aromatic heterocycles. The third-order valence-corrected chi connectivity index (χ3v) is 3.29. The minimum atomic E-state index is -0.0117. The molecule has 2 rings (SSSR count). The van der Waals surface area contributed by atoms with Gasteiger partial charge in [-0.15, -0.1) is 0 Å². The van der Waals surface area contributed by atoms with Crippen molar-refractivity contribution in [2.24, 2.45) is 0 Å². The van der Waals surface area contributed by atoms with Crippen LogP contribution < -0.4 is 10.7 Å². The fourth-order valence-corrected chi connectivity index (χ4v) is 2.41. The summed E-state index contributed by atoms with van der Waals surface area (Å²) in [5.41, 5.74) is 0.899. The summed E-state index contributed by atoms with van der Waals surface area (Å²) in [5.74, 6) is 0. The summed E-state index contributed by atoms with van der Waals surface area (Å²) >= 11 is 0. The van der Waals surface area contributed by atoms with Crippen molar-refractivity contribution in [3.05, 3.63) is 40.7 Å². The molecule has 4 heteroatoms. The van der Waals surface area contributed by atoms with Crippen LogP contribution in [-0.4, -0.2) is 22.4 Å². The maximum atomic E-state index is 11.8. The number of rotatable bonds is 6. The van der Waals surface area contributed by atoms with Crippen molar-refractivity contribution in [3.63, 3.8) is 0 Å². The average molecular weight is 259 g/mol. The molecular weight excluding hydrogens is 238 g/mol. The molecule has 2 aromatic rings. The predicted molar refractivity (Wildman–Crippen MR) is 78.4 cm³/mol. The molecule has 0 radical (unpaired) electrons. The Morgan fingerprint density at radius 3 is 2.84 bits per heavy atom. The molecule has 0 aliphatic rings. The molecule has 0 aliphatic carbocycles. The van der Waals surface area contributed by atoms with Gasteiger partial charge in [0.25, 0.3) is 0 Å². The Morgan fingerprint density at radius 1 is 1.32 bits per heavy atom. The van der Waals surface area contributed by atoms with Gasteiger partial charge >= 0.3 is 0 Å². The van der Waals surface area contributed by atoms with Gasteiger partial charge in [-0.2, -0.15) is 5.10 Å². The Hall–Kier alpha value is -1.68. The summed E-state index contributed by atoms with van der Waals surface area (Å²) in [6.45, 7) is 6.03. The number of benzene rings is 1. The first-order valence-electron chi connectivity index (χ1n) is 6.94. The van der Waals surface area contributed by atoms with Crippen molar-refractivity contribution in [1.82, 2.24) is 15.1 Å². The molecule has 0 saturated carbocycles. The van der Waals surface area contributed by atoms with Crippen molar-refractivity contribution in [1.29, 1.82) is 0 Å². The molecular formula is C15H21N3O. The second kappa shape index (κ2) is 6.48. The quantitative estimate of drug-likeness (QED) is 0.865. The smallest absolute Gasteiger partial charge is 0.207 e. The van der Waals surface area contributed by atoms with E-state index in [-0.39, 0.29) is 5.43 Å². The molecule has 1 heterocycles. The zero-order valence-corrected chi connectivity index (χ0v) is 11.6. The number of hydrogen-bond acceptors (Lipinski definition) is 3. The maximum Gasteiger partial charge on any atom is 0.207 e. The van der Waals surface area contributed by atoms with Crippen LogP contribution in [0.4, 0.5) is 0 Å². The third kappa shape index (κ3) is 3.20. The minimum absolute atomic E-state index is 0.0117. The van der Waals surface area contributed by atoms with Crippen molar-refractivity contribution >= 4 is 10.9 Å². The van der Waals surface area contributed by atoms with Gasteiger partial charge in [-0.3, -0.25) is 9.48 Å². The lowest BCUT2D eigenvalue weighted by Crippen LogP contribution is -2.34. The Bertz CT molecular complexity index is 585. The third-order valence-electron chi connectivity index (χ3n) is 3.29. The Labute approximate surface area is 113 Å². The summed E-state index contributed by atoms with van der Waals surface area (Å²) < 4.78 is 1.93. The van der Waals surface area contributed by atoms with E-state index in [1.807, 2.05) is 28.9 Å². The number of nitrogens with one attached hydrogen (secondary N) is 1. The van der Waals surface area contributed by atoms with E-state index in [0.717, 1.165) is 36.8 Å². The molecule has 0 bridgehead atoms. The van der Waals surface area contributed by atoms with Gasteiger partial charge < -0.3 is 5.32 Å². The summed E-state index contributed by atoms with van der Waals surface area (Å²) in [7, 11) is 0. The zero-order valence-electron chi connectivity index (χ0n) is 11.6. The first kappa shape index (κ1) is 13.7. The van der Waals surface area contributed by atoms with Crippen molar-refractivity contribution < 1.29 is 0 Å². The second-order valence-corrected chi connectivity index (χ2v) is 4.75. The molecule has 102 valence electrons. The molecule has 0 saturated heterocycles. The zero-order chi connectivity index (χ0) is 13.7. The van der Waals surface area contributed by atoms with E-state index in [0.29, 0.717) is 6.04 Å². The molecule has 1 aromatic carbocycles. The van der Waals surface area contributed by atoms with Crippen molar-refractivity contribution in [2.45, 2.75) is 39.3 Å². The molecule has 19 heavy (non-hydrogen) atoms. The largest absolute Gasteiger partial charge is 0.312 e. The van der Waals surface area contributed by atoms with Crippen molar-refractivity contribution in [2.75, 3.05) is 6.54 Å². The molecule has 1 atom stereocenters. The van der Waals surface area contributed by atoms with Crippen LogP contribution in [0.1, 0.15) is 26.7 Å². The van der Waals surface area contributed by atoms with E-state index in [4.69, 9.17) is 0 Å². The molecule has 0 amide bonds. The minimum Gasteiger partial charge on any atom is -0.312 e. The highest BCUT2D eigenvalue weighted by atomic mass is 16.1. The molecule has 0 aliphatic heterocycles. The van der Waals surface area contributed by atoms with E-state index in [1.54, 1.807) is 0 Å². The van der Waals surface area contributed by atoms with Crippen LogP contribution in [0, 0.1) is 0 Å². The Kier molecular flexibility index (Phi) is 4.68.